The Morgan fingerprint density at radius 2 is 1.63 bits per heavy atom. The fraction of sp³-hybridized carbons (Fsp3) is 0.308. The molecule has 19 heavy (non-hydrogen) atoms. The highest BCUT2D eigenvalue weighted by atomic mass is 16.2. The second-order valence-electron chi connectivity index (χ2n) is 4.09. The number of hydrogen-bond donors (Lipinski definition) is 1. The van der Waals surface area contributed by atoms with E-state index in [1.807, 2.05) is 31.3 Å². The highest BCUT2D eigenvalue weighted by Crippen LogP contribution is 2.22. The van der Waals surface area contributed by atoms with Crippen molar-refractivity contribution in [1.82, 2.24) is 5.32 Å². The molecular formula is C13H15N3O3. The second-order valence-corrected chi connectivity index (χ2v) is 4.09. The molecule has 2 rings (SSSR count). The lowest BCUT2D eigenvalue weighted by molar-refractivity contribution is -0.134. The van der Waals surface area contributed by atoms with Gasteiger partial charge in [0.15, 0.2) is 0 Å². The Hall–Kier alpha value is -2.37. The molecule has 4 amide bonds. The lowest BCUT2D eigenvalue weighted by Crippen LogP contribution is -2.30. The van der Waals surface area contributed by atoms with Gasteiger partial charge in [-0.3, -0.25) is 14.9 Å². The summed E-state index contributed by atoms with van der Waals surface area (Å²) in [4.78, 5) is 37.1. The molecule has 1 aliphatic rings. The van der Waals surface area contributed by atoms with Gasteiger partial charge in [0.2, 0.25) is 0 Å². The number of amides is 4. The maximum absolute atomic E-state index is 11.5. The summed E-state index contributed by atoms with van der Waals surface area (Å²) in [6.07, 6.45) is 0. The van der Waals surface area contributed by atoms with Gasteiger partial charge in [-0.05, 0) is 38.1 Å². The number of nitrogens with zero attached hydrogens (tertiary/aromatic N) is 2. The van der Waals surface area contributed by atoms with E-state index in [4.69, 9.17) is 0 Å². The minimum absolute atomic E-state index is 0.393. The average molecular weight is 261 g/mol. The zero-order valence-electron chi connectivity index (χ0n) is 10.8. The molecule has 0 spiro atoms. The Balaban J connectivity index is 2.26. The van der Waals surface area contributed by atoms with Crippen LogP contribution >= 0.6 is 0 Å². The molecule has 1 saturated heterocycles. The van der Waals surface area contributed by atoms with E-state index in [-0.39, 0.29) is 0 Å². The molecular weight excluding hydrogens is 246 g/mol. The number of benzene rings is 1. The predicted molar refractivity (Wildman–Crippen MR) is 71.0 cm³/mol. The number of imide groups is 2. The molecule has 0 saturated carbocycles. The third-order valence-corrected chi connectivity index (χ3v) is 3.06. The Morgan fingerprint density at radius 1 is 1.05 bits per heavy atom. The van der Waals surface area contributed by atoms with Crippen LogP contribution < -0.4 is 15.1 Å². The van der Waals surface area contributed by atoms with Crippen molar-refractivity contribution in [3.8, 4) is 0 Å². The van der Waals surface area contributed by atoms with Gasteiger partial charge in [0.05, 0.1) is 5.69 Å². The molecule has 0 bridgehead atoms. The van der Waals surface area contributed by atoms with Gasteiger partial charge in [-0.25, -0.2) is 9.69 Å². The van der Waals surface area contributed by atoms with Gasteiger partial charge in [-0.1, -0.05) is 0 Å². The largest absolute Gasteiger partial charge is 0.372 e. The predicted octanol–water partition coefficient (Wildman–Crippen LogP) is 1.12. The third kappa shape index (κ3) is 2.29. The van der Waals surface area contributed by atoms with Crippen molar-refractivity contribution in [3.63, 3.8) is 0 Å². The summed E-state index contributed by atoms with van der Waals surface area (Å²) < 4.78 is 0. The lowest BCUT2D eigenvalue weighted by atomic mass is 10.2. The molecule has 6 heteroatoms. The molecule has 0 atom stereocenters. The fourth-order valence-corrected chi connectivity index (χ4v) is 2.04. The maximum Gasteiger partial charge on any atom is 0.336 e. The van der Waals surface area contributed by atoms with Crippen LogP contribution in [-0.4, -0.2) is 30.9 Å². The van der Waals surface area contributed by atoms with Crippen LogP contribution in [0.4, 0.5) is 16.2 Å². The molecule has 1 heterocycles. The molecule has 1 fully saturated rings. The minimum Gasteiger partial charge on any atom is -0.372 e. The van der Waals surface area contributed by atoms with Crippen LogP contribution in [0.2, 0.25) is 0 Å². The molecule has 0 aliphatic carbocycles. The Labute approximate surface area is 111 Å². The molecule has 6 nitrogen and oxygen atoms in total. The third-order valence-electron chi connectivity index (χ3n) is 3.06. The van der Waals surface area contributed by atoms with Crippen molar-refractivity contribution >= 4 is 29.2 Å². The van der Waals surface area contributed by atoms with E-state index in [1.165, 1.54) is 0 Å². The van der Waals surface area contributed by atoms with Crippen molar-refractivity contribution in [2.75, 3.05) is 22.9 Å². The summed E-state index contributed by atoms with van der Waals surface area (Å²) in [5.74, 6) is -1.74. The van der Waals surface area contributed by atoms with Gasteiger partial charge in [0.25, 0.3) is 0 Å². The maximum atomic E-state index is 11.5. The molecule has 1 N–H and O–H groups in total. The summed E-state index contributed by atoms with van der Waals surface area (Å²) in [5.41, 5.74) is 1.40. The molecule has 1 aromatic rings. The smallest absolute Gasteiger partial charge is 0.336 e. The first kappa shape index (κ1) is 13.1. The van der Waals surface area contributed by atoms with Crippen LogP contribution in [0.25, 0.3) is 0 Å². The number of anilines is 2. The van der Waals surface area contributed by atoms with Crippen molar-refractivity contribution in [2.24, 2.45) is 0 Å². The normalized spacial score (nSPS) is 14.8. The van der Waals surface area contributed by atoms with Crippen LogP contribution in [-0.2, 0) is 9.59 Å². The number of carbonyl (C=O) groups is 3. The summed E-state index contributed by atoms with van der Waals surface area (Å²) in [5, 5.41) is 1.96. The van der Waals surface area contributed by atoms with Crippen molar-refractivity contribution in [1.29, 1.82) is 0 Å². The van der Waals surface area contributed by atoms with E-state index >= 15 is 0 Å². The van der Waals surface area contributed by atoms with Gasteiger partial charge in [0, 0.05) is 18.8 Å². The fourth-order valence-electron chi connectivity index (χ4n) is 2.04. The Morgan fingerprint density at radius 3 is 2.05 bits per heavy atom. The van der Waals surface area contributed by atoms with Crippen molar-refractivity contribution in [2.45, 2.75) is 13.8 Å². The van der Waals surface area contributed by atoms with Gasteiger partial charge in [-0.2, -0.15) is 0 Å². The number of carbonyl (C=O) groups excluding carboxylic acids is 3. The van der Waals surface area contributed by atoms with E-state index < -0.39 is 17.8 Å². The summed E-state index contributed by atoms with van der Waals surface area (Å²) in [6, 6.07) is 6.26. The number of hydrogen-bond acceptors (Lipinski definition) is 4. The van der Waals surface area contributed by atoms with Crippen LogP contribution in [0.15, 0.2) is 24.3 Å². The molecule has 1 aliphatic heterocycles. The van der Waals surface area contributed by atoms with Crippen molar-refractivity contribution < 1.29 is 14.4 Å². The Bertz CT molecular complexity index is 520. The van der Waals surface area contributed by atoms with E-state index in [0.717, 1.165) is 23.7 Å². The zero-order valence-corrected chi connectivity index (χ0v) is 10.8. The van der Waals surface area contributed by atoms with Crippen LogP contribution in [0, 0.1) is 0 Å². The quantitative estimate of drug-likeness (QED) is 0.651. The van der Waals surface area contributed by atoms with Crippen LogP contribution in [0.3, 0.4) is 0 Å². The van der Waals surface area contributed by atoms with E-state index in [1.54, 1.807) is 12.1 Å². The first-order valence-electron chi connectivity index (χ1n) is 6.12. The summed E-state index contributed by atoms with van der Waals surface area (Å²) >= 11 is 0. The van der Waals surface area contributed by atoms with E-state index in [2.05, 4.69) is 4.90 Å². The number of nitrogens with one attached hydrogen (secondary N) is 1. The molecule has 100 valence electrons. The monoisotopic (exact) mass is 261 g/mol. The number of rotatable bonds is 4. The summed E-state index contributed by atoms with van der Waals surface area (Å²) in [7, 11) is 0. The Kier molecular flexibility index (Phi) is 3.50. The van der Waals surface area contributed by atoms with Gasteiger partial charge >= 0.3 is 17.8 Å². The van der Waals surface area contributed by atoms with E-state index in [9.17, 15) is 14.4 Å². The SMILES string of the molecule is CCN(CC)c1ccc(N2C(=O)NC(=O)C2=O)cc1. The van der Waals surface area contributed by atoms with Gasteiger partial charge < -0.3 is 4.90 Å². The number of urea groups is 1. The summed E-state index contributed by atoms with van der Waals surface area (Å²) in [6.45, 7) is 5.84. The van der Waals surface area contributed by atoms with Crippen LogP contribution in [0.5, 0.6) is 0 Å². The second kappa shape index (κ2) is 5.09. The standard InChI is InChI=1S/C13H15N3O3/c1-3-15(4-2)9-5-7-10(8-6-9)16-12(18)11(17)14-13(16)19/h5-8H,3-4H2,1-2H3,(H,14,17,19). The first-order chi connectivity index (χ1) is 9.08. The van der Waals surface area contributed by atoms with Crippen molar-refractivity contribution in [3.05, 3.63) is 24.3 Å². The van der Waals surface area contributed by atoms with Gasteiger partial charge in [0.1, 0.15) is 0 Å². The average Bonchev–Trinajstić information content (AvgIpc) is 2.66. The van der Waals surface area contributed by atoms with E-state index in [0.29, 0.717) is 5.69 Å². The highest BCUT2D eigenvalue weighted by Gasteiger charge is 2.37. The molecule has 0 aromatic heterocycles. The zero-order chi connectivity index (χ0) is 14.0. The minimum atomic E-state index is -0.891. The van der Waals surface area contributed by atoms with Crippen LogP contribution in [0.1, 0.15) is 13.8 Å². The van der Waals surface area contributed by atoms with Gasteiger partial charge in [-0.15, -0.1) is 0 Å². The topological polar surface area (TPSA) is 69.7 Å². The highest BCUT2D eigenvalue weighted by molar-refractivity contribution is 6.53. The lowest BCUT2D eigenvalue weighted by Gasteiger charge is -2.21. The first-order valence-corrected chi connectivity index (χ1v) is 6.12. The molecule has 0 unspecified atom stereocenters. The molecule has 1 aromatic carbocycles. The molecule has 0 radical (unpaired) electrons.